The molecule has 3 rings (SSSR count). The number of hydrogen-bond donors (Lipinski definition) is 1. The number of nitrogens with zero attached hydrogens (tertiary/aromatic N) is 1. The van der Waals surface area contributed by atoms with Gasteiger partial charge in [0, 0.05) is 6.54 Å². The highest BCUT2D eigenvalue weighted by Gasteiger charge is 2.55. The van der Waals surface area contributed by atoms with Crippen molar-refractivity contribution in [3.8, 4) is 0 Å². The number of amides is 2. The van der Waals surface area contributed by atoms with Crippen LogP contribution in [0.25, 0.3) is 0 Å². The first kappa shape index (κ1) is 14.8. The Hall–Kier alpha value is -1.10. The summed E-state index contributed by atoms with van der Waals surface area (Å²) in [4.78, 5) is 26.9. The highest BCUT2D eigenvalue weighted by molar-refractivity contribution is 5.99. The smallest absolute Gasteiger partial charge is 0.249 e. The number of hydrogen-bond acceptors (Lipinski definition) is 3. The standard InChI is InChI=1S/C16H26N2O3/c1-10-13(19)17-16(4,11-5-6-11)14(20)18(10)9-12-7-8-15(2,3)21-12/h10-12H,5-9H2,1-4H3,(H,17,19). The van der Waals surface area contributed by atoms with Crippen molar-refractivity contribution in [3.63, 3.8) is 0 Å². The molecule has 1 aliphatic carbocycles. The van der Waals surface area contributed by atoms with Crippen LogP contribution in [0.2, 0.25) is 0 Å². The number of carbonyl (C=O) groups is 2. The third kappa shape index (κ3) is 2.56. The molecule has 2 heterocycles. The largest absolute Gasteiger partial charge is 0.371 e. The maximum absolute atomic E-state index is 12.9. The van der Waals surface area contributed by atoms with Crippen LogP contribution in [0.5, 0.6) is 0 Å². The summed E-state index contributed by atoms with van der Waals surface area (Å²) in [6, 6.07) is -0.406. The molecule has 118 valence electrons. The topological polar surface area (TPSA) is 58.6 Å². The molecule has 1 saturated carbocycles. The molecule has 5 nitrogen and oxygen atoms in total. The molecule has 3 atom stereocenters. The van der Waals surface area contributed by atoms with Crippen LogP contribution in [-0.2, 0) is 14.3 Å². The van der Waals surface area contributed by atoms with Crippen molar-refractivity contribution in [2.45, 2.75) is 76.7 Å². The van der Waals surface area contributed by atoms with Crippen molar-refractivity contribution in [2.75, 3.05) is 6.54 Å². The summed E-state index contributed by atoms with van der Waals surface area (Å²) in [5.41, 5.74) is -0.827. The summed E-state index contributed by atoms with van der Waals surface area (Å²) in [6.45, 7) is 8.37. The molecule has 0 radical (unpaired) electrons. The minimum absolute atomic E-state index is 0.0405. The molecule has 0 aromatic heterocycles. The molecule has 21 heavy (non-hydrogen) atoms. The van der Waals surface area contributed by atoms with Crippen molar-refractivity contribution in [1.82, 2.24) is 10.2 Å². The summed E-state index contributed by atoms with van der Waals surface area (Å²) < 4.78 is 6.00. The third-order valence-corrected chi connectivity index (χ3v) is 5.28. The fraction of sp³-hybridized carbons (Fsp3) is 0.875. The zero-order valence-corrected chi connectivity index (χ0v) is 13.4. The molecule has 5 heteroatoms. The second-order valence-electron chi connectivity index (χ2n) is 7.64. The lowest BCUT2D eigenvalue weighted by Gasteiger charge is -2.44. The molecular formula is C16H26N2O3. The lowest BCUT2D eigenvalue weighted by atomic mass is 9.89. The highest BCUT2D eigenvalue weighted by Crippen LogP contribution is 2.42. The van der Waals surface area contributed by atoms with Crippen molar-refractivity contribution < 1.29 is 14.3 Å². The van der Waals surface area contributed by atoms with Crippen LogP contribution in [0.4, 0.5) is 0 Å². The average Bonchev–Trinajstić information content (AvgIpc) is 3.19. The first-order chi connectivity index (χ1) is 9.73. The maximum atomic E-state index is 12.9. The van der Waals surface area contributed by atoms with Crippen LogP contribution in [-0.4, -0.2) is 46.5 Å². The normalized spacial score (nSPS) is 39.5. The Morgan fingerprint density at radius 1 is 1.24 bits per heavy atom. The predicted molar refractivity (Wildman–Crippen MR) is 78.6 cm³/mol. The quantitative estimate of drug-likeness (QED) is 0.857. The number of nitrogens with one attached hydrogen (secondary N) is 1. The van der Waals surface area contributed by atoms with Crippen LogP contribution in [0.1, 0.15) is 53.4 Å². The Kier molecular flexibility index (Phi) is 3.32. The van der Waals surface area contributed by atoms with Crippen LogP contribution in [0, 0.1) is 5.92 Å². The Bertz CT molecular complexity index is 472. The van der Waals surface area contributed by atoms with Crippen molar-refractivity contribution in [3.05, 3.63) is 0 Å². The van der Waals surface area contributed by atoms with E-state index in [1.165, 1.54) is 0 Å². The van der Waals surface area contributed by atoms with E-state index in [1.807, 2.05) is 6.92 Å². The minimum atomic E-state index is -0.711. The van der Waals surface area contributed by atoms with E-state index in [1.54, 1.807) is 11.8 Å². The molecule has 0 aromatic carbocycles. The van der Waals surface area contributed by atoms with Crippen LogP contribution in [0.15, 0.2) is 0 Å². The van der Waals surface area contributed by atoms with Gasteiger partial charge in [0.05, 0.1) is 11.7 Å². The minimum Gasteiger partial charge on any atom is -0.371 e. The Morgan fingerprint density at radius 2 is 1.90 bits per heavy atom. The van der Waals surface area contributed by atoms with Crippen molar-refractivity contribution in [2.24, 2.45) is 5.92 Å². The molecular weight excluding hydrogens is 268 g/mol. The van der Waals surface area contributed by atoms with Gasteiger partial charge in [0.2, 0.25) is 11.8 Å². The SMILES string of the molecule is CC1C(=O)NC(C)(C2CC2)C(=O)N1CC1CCC(C)(C)O1. The maximum Gasteiger partial charge on any atom is 0.249 e. The summed E-state index contributed by atoms with van der Waals surface area (Å²) in [5, 5.41) is 2.95. The molecule has 2 saturated heterocycles. The summed E-state index contributed by atoms with van der Waals surface area (Å²) in [6.07, 6.45) is 4.04. The lowest BCUT2D eigenvalue weighted by molar-refractivity contribution is -0.157. The zero-order chi connectivity index (χ0) is 15.4. The molecule has 3 fully saturated rings. The average molecular weight is 294 g/mol. The van der Waals surface area contributed by atoms with Gasteiger partial charge in [0.1, 0.15) is 11.6 Å². The molecule has 0 bridgehead atoms. The lowest BCUT2D eigenvalue weighted by Crippen LogP contribution is -2.70. The third-order valence-electron chi connectivity index (χ3n) is 5.28. The molecule has 2 aliphatic heterocycles. The van der Waals surface area contributed by atoms with Crippen molar-refractivity contribution >= 4 is 11.8 Å². The summed E-state index contributed by atoms with van der Waals surface area (Å²) >= 11 is 0. The van der Waals surface area contributed by atoms with Gasteiger partial charge < -0.3 is 15.0 Å². The molecule has 3 aliphatic rings. The molecule has 0 aromatic rings. The molecule has 0 spiro atoms. The Morgan fingerprint density at radius 3 is 2.43 bits per heavy atom. The van der Waals surface area contributed by atoms with Crippen LogP contribution >= 0.6 is 0 Å². The van der Waals surface area contributed by atoms with E-state index >= 15 is 0 Å². The molecule has 2 amide bonds. The summed E-state index contributed by atoms with van der Waals surface area (Å²) in [5.74, 6) is 0.316. The number of piperazine rings is 1. The van der Waals surface area contributed by atoms with Gasteiger partial charge in [0.15, 0.2) is 0 Å². The first-order valence-corrected chi connectivity index (χ1v) is 8.04. The van der Waals surface area contributed by atoms with Gasteiger partial charge in [-0.3, -0.25) is 9.59 Å². The second-order valence-corrected chi connectivity index (χ2v) is 7.64. The van der Waals surface area contributed by atoms with E-state index in [-0.39, 0.29) is 23.5 Å². The van der Waals surface area contributed by atoms with Gasteiger partial charge in [-0.05, 0) is 59.3 Å². The molecule has 3 unspecified atom stereocenters. The Balaban J connectivity index is 1.75. The van der Waals surface area contributed by atoms with Gasteiger partial charge >= 0.3 is 0 Å². The number of rotatable bonds is 3. The Labute approximate surface area is 126 Å². The molecule has 1 N–H and O–H groups in total. The fourth-order valence-corrected chi connectivity index (χ4v) is 3.63. The van der Waals surface area contributed by atoms with E-state index in [0.717, 1.165) is 25.7 Å². The van der Waals surface area contributed by atoms with Gasteiger partial charge in [0.25, 0.3) is 0 Å². The van der Waals surface area contributed by atoms with Gasteiger partial charge in [-0.15, -0.1) is 0 Å². The number of carbonyl (C=O) groups excluding carboxylic acids is 2. The number of ether oxygens (including phenoxy) is 1. The second kappa shape index (κ2) is 4.70. The monoisotopic (exact) mass is 294 g/mol. The highest BCUT2D eigenvalue weighted by atomic mass is 16.5. The predicted octanol–water partition coefficient (Wildman–Crippen LogP) is 1.46. The first-order valence-electron chi connectivity index (χ1n) is 8.04. The van der Waals surface area contributed by atoms with E-state index in [4.69, 9.17) is 4.74 Å². The zero-order valence-electron chi connectivity index (χ0n) is 13.4. The van der Waals surface area contributed by atoms with Crippen LogP contribution < -0.4 is 5.32 Å². The van der Waals surface area contributed by atoms with Gasteiger partial charge in [-0.25, -0.2) is 0 Å². The van der Waals surface area contributed by atoms with Crippen LogP contribution in [0.3, 0.4) is 0 Å². The van der Waals surface area contributed by atoms with E-state index < -0.39 is 11.6 Å². The van der Waals surface area contributed by atoms with Gasteiger partial charge in [-0.2, -0.15) is 0 Å². The fourth-order valence-electron chi connectivity index (χ4n) is 3.63. The van der Waals surface area contributed by atoms with E-state index in [0.29, 0.717) is 12.5 Å². The van der Waals surface area contributed by atoms with Gasteiger partial charge in [-0.1, -0.05) is 0 Å². The van der Waals surface area contributed by atoms with E-state index in [2.05, 4.69) is 19.2 Å². The van der Waals surface area contributed by atoms with Crippen molar-refractivity contribution in [1.29, 1.82) is 0 Å². The van der Waals surface area contributed by atoms with E-state index in [9.17, 15) is 9.59 Å². The summed E-state index contributed by atoms with van der Waals surface area (Å²) in [7, 11) is 0.